The van der Waals surface area contributed by atoms with Gasteiger partial charge in [-0.2, -0.15) is 0 Å². The Morgan fingerprint density at radius 1 is 1.15 bits per heavy atom. The van der Waals surface area contributed by atoms with Crippen molar-refractivity contribution in [3.63, 3.8) is 0 Å². The number of rotatable bonds is 3. The third kappa shape index (κ3) is 2.42. The minimum absolute atomic E-state index is 0.162. The van der Waals surface area contributed by atoms with Crippen LogP contribution in [0.3, 0.4) is 0 Å². The molecule has 1 aliphatic rings. The second-order valence-corrected chi connectivity index (χ2v) is 5.66. The van der Waals surface area contributed by atoms with Crippen molar-refractivity contribution in [2.24, 2.45) is 0 Å². The summed E-state index contributed by atoms with van der Waals surface area (Å²) >= 11 is 1.52. The molecule has 1 heterocycles. The van der Waals surface area contributed by atoms with E-state index in [4.69, 9.17) is 5.11 Å². The summed E-state index contributed by atoms with van der Waals surface area (Å²) in [6, 6.07) is 5.83. The fourth-order valence-electron chi connectivity index (χ4n) is 2.18. The van der Waals surface area contributed by atoms with Crippen molar-refractivity contribution in [2.45, 2.75) is 19.3 Å². The molecule has 1 aliphatic carbocycles. The number of amides is 1. The van der Waals surface area contributed by atoms with Crippen LogP contribution < -0.4 is 5.32 Å². The van der Waals surface area contributed by atoms with Crippen LogP contribution in [0.5, 0.6) is 0 Å². The van der Waals surface area contributed by atoms with Crippen molar-refractivity contribution < 1.29 is 14.7 Å². The number of carbonyl (C=O) groups is 2. The Balaban J connectivity index is 1.73. The van der Waals surface area contributed by atoms with Gasteiger partial charge in [0.2, 0.25) is 0 Å². The monoisotopic (exact) mass is 288 g/mol. The van der Waals surface area contributed by atoms with Gasteiger partial charge in [-0.15, -0.1) is 11.3 Å². The molecule has 0 bridgehead atoms. The Bertz CT molecular complexity index is 655. The summed E-state index contributed by atoms with van der Waals surface area (Å²) in [5, 5.41) is 12.2. The fourth-order valence-corrected chi connectivity index (χ4v) is 3.22. The lowest BCUT2D eigenvalue weighted by Crippen LogP contribution is -2.12. The smallest absolute Gasteiger partial charge is 0.335 e. The number of anilines is 1. The molecule has 0 fully saturated rings. The van der Waals surface area contributed by atoms with Crippen LogP contribution in [0.1, 0.15) is 37.7 Å². The van der Waals surface area contributed by atoms with E-state index in [0.29, 0.717) is 10.7 Å². The molecule has 0 aliphatic heterocycles. The van der Waals surface area contributed by atoms with Gasteiger partial charge in [0, 0.05) is 10.4 Å². The summed E-state index contributed by atoms with van der Waals surface area (Å²) in [5.74, 6) is -1.28. The largest absolute Gasteiger partial charge is 0.478 e. The Labute approximate surface area is 119 Å². The summed E-state index contributed by atoms with van der Waals surface area (Å²) in [6.07, 6.45) is 3.16. The number of nitrogens with zero attached hydrogens (tertiary/aromatic N) is 1. The number of thiazole rings is 1. The van der Waals surface area contributed by atoms with Gasteiger partial charge in [0.25, 0.3) is 5.91 Å². The van der Waals surface area contributed by atoms with E-state index < -0.39 is 5.97 Å². The normalized spacial score (nSPS) is 13.0. The molecule has 1 aromatic carbocycles. The number of aryl methyl sites for hydroxylation is 2. The van der Waals surface area contributed by atoms with Gasteiger partial charge in [-0.1, -0.05) is 0 Å². The van der Waals surface area contributed by atoms with Crippen LogP contribution in [0.25, 0.3) is 0 Å². The van der Waals surface area contributed by atoms with Gasteiger partial charge in [-0.3, -0.25) is 10.1 Å². The SMILES string of the molecule is O=C(O)c1ccc(C(=O)Nc2nc3c(s2)CCC3)cc1. The van der Waals surface area contributed by atoms with Gasteiger partial charge in [-0.05, 0) is 43.5 Å². The predicted octanol–water partition coefficient (Wildman–Crippen LogP) is 2.58. The van der Waals surface area contributed by atoms with Crippen molar-refractivity contribution in [1.29, 1.82) is 0 Å². The summed E-state index contributed by atoms with van der Waals surface area (Å²) in [7, 11) is 0. The van der Waals surface area contributed by atoms with E-state index in [0.717, 1.165) is 25.0 Å². The molecule has 102 valence electrons. The molecular weight excluding hydrogens is 276 g/mol. The van der Waals surface area contributed by atoms with Gasteiger partial charge in [0.15, 0.2) is 5.13 Å². The number of hydrogen-bond donors (Lipinski definition) is 2. The molecule has 0 radical (unpaired) electrons. The van der Waals surface area contributed by atoms with Crippen molar-refractivity contribution in [3.8, 4) is 0 Å². The molecule has 0 saturated carbocycles. The van der Waals surface area contributed by atoms with E-state index in [1.165, 1.54) is 40.5 Å². The summed E-state index contributed by atoms with van der Waals surface area (Å²) < 4.78 is 0. The topological polar surface area (TPSA) is 79.3 Å². The van der Waals surface area contributed by atoms with E-state index in [9.17, 15) is 9.59 Å². The zero-order valence-corrected chi connectivity index (χ0v) is 11.4. The lowest BCUT2D eigenvalue weighted by molar-refractivity contribution is 0.0696. The molecule has 2 N–H and O–H groups in total. The molecule has 0 atom stereocenters. The van der Waals surface area contributed by atoms with Crippen molar-refractivity contribution in [2.75, 3.05) is 5.32 Å². The van der Waals surface area contributed by atoms with E-state index in [1.807, 2.05) is 0 Å². The zero-order valence-electron chi connectivity index (χ0n) is 10.5. The van der Waals surface area contributed by atoms with E-state index in [1.54, 1.807) is 0 Å². The highest BCUT2D eigenvalue weighted by Gasteiger charge is 2.18. The second-order valence-electron chi connectivity index (χ2n) is 4.58. The van der Waals surface area contributed by atoms with Crippen LogP contribution in [0.2, 0.25) is 0 Å². The lowest BCUT2D eigenvalue weighted by atomic mass is 10.1. The molecule has 3 rings (SSSR count). The molecule has 2 aromatic rings. The summed E-state index contributed by atoms with van der Waals surface area (Å²) in [4.78, 5) is 28.4. The van der Waals surface area contributed by atoms with E-state index in [2.05, 4.69) is 10.3 Å². The van der Waals surface area contributed by atoms with Crippen LogP contribution in [0.15, 0.2) is 24.3 Å². The van der Waals surface area contributed by atoms with Gasteiger partial charge in [-0.25, -0.2) is 9.78 Å². The third-order valence-electron chi connectivity index (χ3n) is 3.21. The van der Waals surface area contributed by atoms with E-state index in [-0.39, 0.29) is 11.5 Å². The van der Waals surface area contributed by atoms with Gasteiger partial charge in [0.05, 0.1) is 11.3 Å². The minimum atomic E-state index is -1.01. The molecule has 1 amide bonds. The van der Waals surface area contributed by atoms with Gasteiger partial charge >= 0.3 is 5.97 Å². The first-order valence-corrected chi connectivity index (χ1v) is 7.08. The van der Waals surface area contributed by atoms with Gasteiger partial charge in [0.1, 0.15) is 0 Å². The number of carboxylic acids is 1. The fraction of sp³-hybridized carbons (Fsp3) is 0.214. The Morgan fingerprint density at radius 3 is 2.50 bits per heavy atom. The molecule has 5 nitrogen and oxygen atoms in total. The molecule has 0 spiro atoms. The average molecular weight is 288 g/mol. The number of nitrogens with one attached hydrogen (secondary N) is 1. The Kier molecular flexibility index (Phi) is 3.23. The number of aromatic carboxylic acids is 1. The Morgan fingerprint density at radius 2 is 1.85 bits per heavy atom. The molecule has 0 unspecified atom stereocenters. The number of fused-ring (bicyclic) bond motifs is 1. The molecule has 6 heteroatoms. The molecular formula is C14H12N2O3S. The standard InChI is InChI=1S/C14H12N2O3S/c17-12(8-4-6-9(7-5-8)13(18)19)16-14-15-10-2-1-3-11(10)20-14/h4-7H,1-3H2,(H,18,19)(H,15,16,17). The zero-order chi connectivity index (χ0) is 14.1. The van der Waals surface area contributed by atoms with Crippen LogP contribution in [-0.4, -0.2) is 22.0 Å². The highest BCUT2D eigenvalue weighted by Crippen LogP contribution is 2.30. The van der Waals surface area contributed by atoms with Gasteiger partial charge < -0.3 is 5.11 Å². The van der Waals surface area contributed by atoms with Crippen LogP contribution in [0, 0.1) is 0 Å². The first kappa shape index (κ1) is 12.8. The maximum Gasteiger partial charge on any atom is 0.335 e. The molecule has 1 aromatic heterocycles. The number of hydrogen-bond acceptors (Lipinski definition) is 4. The highest BCUT2D eigenvalue weighted by atomic mass is 32.1. The third-order valence-corrected chi connectivity index (χ3v) is 4.28. The second kappa shape index (κ2) is 5.05. The highest BCUT2D eigenvalue weighted by molar-refractivity contribution is 7.15. The van der Waals surface area contributed by atoms with E-state index >= 15 is 0 Å². The molecule has 0 saturated heterocycles. The maximum atomic E-state index is 12.0. The Hall–Kier alpha value is -2.21. The minimum Gasteiger partial charge on any atom is -0.478 e. The number of aromatic nitrogens is 1. The maximum absolute atomic E-state index is 12.0. The number of carboxylic acid groups (broad SMARTS) is 1. The summed E-state index contributed by atoms with van der Waals surface area (Å²) in [5.41, 5.74) is 1.67. The van der Waals surface area contributed by atoms with Crippen molar-refractivity contribution >= 4 is 28.3 Å². The quantitative estimate of drug-likeness (QED) is 0.909. The van der Waals surface area contributed by atoms with Crippen molar-refractivity contribution in [3.05, 3.63) is 46.0 Å². The first-order chi connectivity index (χ1) is 9.63. The van der Waals surface area contributed by atoms with Crippen LogP contribution >= 0.6 is 11.3 Å². The van der Waals surface area contributed by atoms with Crippen molar-refractivity contribution in [1.82, 2.24) is 4.98 Å². The lowest BCUT2D eigenvalue weighted by Gasteiger charge is -2.02. The van der Waals surface area contributed by atoms with Crippen LogP contribution in [0.4, 0.5) is 5.13 Å². The number of carbonyl (C=O) groups excluding carboxylic acids is 1. The average Bonchev–Trinajstić information content (AvgIpc) is 2.99. The number of benzene rings is 1. The molecule has 20 heavy (non-hydrogen) atoms. The van der Waals surface area contributed by atoms with Crippen LogP contribution in [-0.2, 0) is 12.8 Å². The predicted molar refractivity (Wildman–Crippen MR) is 75.5 cm³/mol. The first-order valence-electron chi connectivity index (χ1n) is 6.27. The summed E-state index contributed by atoms with van der Waals surface area (Å²) in [6.45, 7) is 0.